The van der Waals surface area contributed by atoms with Crippen LogP contribution in [0.1, 0.15) is 26.2 Å². The quantitative estimate of drug-likeness (QED) is 0.905. The summed E-state index contributed by atoms with van der Waals surface area (Å²) in [4.78, 5) is -0.471. The molecule has 0 aromatic heterocycles. The fourth-order valence-corrected chi connectivity index (χ4v) is 4.09. The van der Waals surface area contributed by atoms with Crippen LogP contribution >= 0.6 is 0 Å². The first-order valence-corrected chi connectivity index (χ1v) is 8.57. The SMILES string of the molecule is CCN(CC1CCCCN1)S(=O)(=O)c1ccc(F)cc1F. The molecule has 0 radical (unpaired) electrons. The average molecular weight is 318 g/mol. The third-order valence-corrected chi connectivity index (χ3v) is 5.67. The molecule has 1 unspecified atom stereocenters. The van der Waals surface area contributed by atoms with E-state index in [1.165, 1.54) is 4.31 Å². The van der Waals surface area contributed by atoms with Gasteiger partial charge in [-0.05, 0) is 31.5 Å². The Bertz CT molecular complexity index is 587. The number of sulfonamides is 1. The van der Waals surface area contributed by atoms with E-state index in [-0.39, 0.29) is 12.6 Å². The number of hydrogen-bond acceptors (Lipinski definition) is 3. The lowest BCUT2D eigenvalue weighted by atomic mass is 10.1. The molecule has 1 N–H and O–H groups in total. The molecule has 1 aromatic carbocycles. The number of piperidine rings is 1. The highest BCUT2D eigenvalue weighted by molar-refractivity contribution is 7.89. The van der Waals surface area contributed by atoms with Crippen molar-refractivity contribution in [2.24, 2.45) is 0 Å². The number of hydrogen-bond donors (Lipinski definition) is 1. The summed E-state index contributed by atoms with van der Waals surface area (Å²) in [5.41, 5.74) is 0. The lowest BCUT2D eigenvalue weighted by molar-refractivity contribution is 0.318. The van der Waals surface area contributed by atoms with E-state index in [0.29, 0.717) is 12.6 Å². The van der Waals surface area contributed by atoms with Crippen molar-refractivity contribution in [3.63, 3.8) is 0 Å². The van der Waals surface area contributed by atoms with E-state index in [0.717, 1.165) is 37.9 Å². The largest absolute Gasteiger partial charge is 0.313 e. The molecule has 1 aliphatic rings. The topological polar surface area (TPSA) is 49.4 Å². The lowest BCUT2D eigenvalue weighted by Crippen LogP contribution is -2.45. The molecular weight excluding hydrogens is 298 g/mol. The Morgan fingerprint density at radius 2 is 2.10 bits per heavy atom. The molecule has 0 spiro atoms. The highest BCUT2D eigenvalue weighted by Crippen LogP contribution is 2.21. The highest BCUT2D eigenvalue weighted by atomic mass is 32.2. The Labute approximate surface area is 124 Å². The molecule has 1 aromatic rings. The van der Waals surface area contributed by atoms with Crippen molar-refractivity contribution in [2.45, 2.75) is 37.1 Å². The zero-order chi connectivity index (χ0) is 15.5. The van der Waals surface area contributed by atoms with Crippen molar-refractivity contribution in [1.82, 2.24) is 9.62 Å². The Balaban J connectivity index is 2.22. The Morgan fingerprint density at radius 1 is 1.33 bits per heavy atom. The monoisotopic (exact) mass is 318 g/mol. The van der Waals surface area contributed by atoms with Crippen molar-refractivity contribution < 1.29 is 17.2 Å². The fraction of sp³-hybridized carbons (Fsp3) is 0.571. The second kappa shape index (κ2) is 6.81. The van der Waals surface area contributed by atoms with Gasteiger partial charge in [-0.1, -0.05) is 13.3 Å². The molecule has 1 saturated heterocycles. The summed E-state index contributed by atoms with van der Waals surface area (Å²) in [5, 5.41) is 3.27. The normalized spacial score (nSPS) is 19.9. The predicted octanol–water partition coefficient (Wildman–Crippen LogP) is 2.12. The van der Waals surface area contributed by atoms with Crippen LogP contribution in [0.3, 0.4) is 0 Å². The highest BCUT2D eigenvalue weighted by Gasteiger charge is 2.29. The third-order valence-electron chi connectivity index (χ3n) is 3.70. The molecule has 2 rings (SSSR count). The van der Waals surface area contributed by atoms with Gasteiger partial charge in [0.25, 0.3) is 0 Å². The molecule has 0 amide bonds. The van der Waals surface area contributed by atoms with E-state index >= 15 is 0 Å². The van der Waals surface area contributed by atoms with Crippen LogP contribution in [0.15, 0.2) is 23.1 Å². The summed E-state index contributed by atoms with van der Waals surface area (Å²) >= 11 is 0. The van der Waals surface area contributed by atoms with Gasteiger partial charge in [0.1, 0.15) is 16.5 Å². The lowest BCUT2D eigenvalue weighted by Gasteiger charge is -2.29. The first kappa shape index (κ1) is 16.3. The smallest absolute Gasteiger partial charge is 0.246 e. The maximum Gasteiger partial charge on any atom is 0.246 e. The van der Waals surface area contributed by atoms with E-state index in [1.54, 1.807) is 6.92 Å². The minimum Gasteiger partial charge on any atom is -0.313 e. The van der Waals surface area contributed by atoms with Gasteiger partial charge < -0.3 is 5.32 Å². The Kier molecular flexibility index (Phi) is 5.29. The molecule has 118 valence electrons. The first-order chi connectivity index (χ1) is 9.95. The standard InChI is InChI=1S/C14H20F2N2O2S/c1-2-18(10-12-5-3-4-8-17-12)21(19,20)14-7-6-11(15)9-13(14)16/h6-7,9,12,17H,2-5,8,10H2,1H3. The second-order valence-electron chi connectivity index (χ2n) is 5.18. The van der Waals surface area contributed by atoms with Gasteiger partial charge in [0.15, 0.2) is 0 Å². The Morgan fingerprint density at radius 3 is 2.67 bits per heavy atom. The van der Waals surface area contributed by atoms with Crippen molar-refractivity contribution in [1.29, 1.82) is 0 Å². The van der Waals surface area contributed by atoms with E-state index in [1.807, 2.05) is 0 Å². The summed E-state index contributed by atoms with van der Waals surface area (Å²) in [5.74, 6) is -1.84. The molecule has 1 aliphatic heterocycles. The molecule has 0 saturated carbocycles. The molecule has 0 bridgehead atoms. The summed E-state index contributed by atoms with van der Waals surface area (Å²) in [6, 6.07) is 2.62. The van der Waals surface area contributed by atoms with Crippen molar-refractivity contribution in [3.8, 4) is 0 Å². The van der Waals surface area contributed by atoms with Gasteiger partial charge in [-0.2, -0.15) is 4.31 Å². The first-order valence-electron chi connectivity index (χ1n) is 7.13. The zero-order valence-electron chi connectivity index (χ0n) is 12.0. The number of nitrogens with one attached hydrogen (secondary N) is 1. The number of likely N-dealkylation sites (N-methyl/N-ethyl adjacent to an activating group) is 1. The van der Waals surface area contributed by atoms with Gasteiger partial charge in [0.05, 0.1) is 0 Å². The van der Waals surface area contributed by atoms with Crippen LogP contribution in [-0.4, -0.2) is 38.4 Å². The molecule has 1 atom stereocenters. The van der Waals surface area contributed by atoms with E-state index in [9.17, 15) is 17.2 Å². The van der Waals surface area contributed by atoms with Crippen molar-refractivity contribution >= 4 is 10.0 Å². The van der Waals surface area contributed by atoms with E-state index < -0.39 is 26.6 Å². The summed E-state index contributed by atoms with van der Waals surface area (Å²) in [6.07, 6.45) is 3.04. The Hall–Kier alpha value is -1.05. The summed E-state index contributed by atoms with van der Waals surface area (Å²) < 4.78 is 52.9. The molecule has 1 fully saturated rings. The van der Waals surface area contributed by atoms with Gasteiger partial charge in [-0.3, -0.25) is 0 Å². The van der Waals surface area contributed by atoms with Crippen LogP contribution < -0.4 is 5.32 Å². The van der Waals surface area contributed by atoms with Gasteiger partial charge in [0.2, 0.25) is 10.0 Å². The molecule has 21 heavy (non-hydrogen) atoms. The minimum atomic E-state index is -3.95. The van der Waals surface area contributed by atoms with E-state index in [4.69, 9.17) is 0 Å². The van der Waals surface area contributed by atoms with Crippen LogP contribution in [0.2, 0.25) is 0 Å². The third kappa shape index (κ3) is 3.78. The number of rotatable bonds is 5. The average Bonchev–Trinajstić information content (AvgIpc) is 2.45. The molecular formula is C14H20F2N2O2S. The number of halogens is 2. The van der Waals surface area contributed by atoms with E-state index in [2.05, 4.69) is 5.32 Å². The zero-order valence-corrected chi connectivity index (χ0v) is 12.8. The van der Waals surface area contributed by atoms with Crippen molar-refractivity contribution in [3.05, 3.63) is 29.8 Å². The predicted molar refractivity (Wildman–Crippen MR) is 76.4 cm³/mol. The number of nitrogens with zero attached hydrogens (tertiary/aromatic N) is 1. The summed E-state index contributed by atoms with van der Waals surface area (Å²) in [7, 11) is -3.95. The molecule has 0 aliphatic carbocycles. The molecule has 1 heterocycles. The van der Waals surface area contributed by atoms with Gasteiger partial charge in [0, 0.05) is 25.2 Å². The summed E-state index contributed by atoms with van der Waals surface area (Å²) in [6.45, 7) is 3.13. The minimum absolute atomic E-state index is 0.0805. The maximum absolute atomic E-state index is 13.8. The second-order valence-corrected chi connectivity index (χ2v) is 7.08. The molecule has 7 heteroatoms. The van der Waals surface area contributed by atoms with Crippen LogP contribution in [0.25, 0.3) is 0 Å². The van der Waals surface area contributed by atoms with Crippen LogP contribution in [0.4, 0.5) is 8.78 Å². The fourth-order valence-electron chi connectivity index (χ4n) is 2.55. The van der Waals surface area contributed by atoms with Crippen molar-refractivity contribution in [2.75, 3.05) is 19.6 Å². The van der Waals surface area contributed by atoms with Gasteiger partial charge >= 0.3 is 0 Å². The maximum atomic E-state index is 13.8. The number of benzene rings is 1. The van der Waals surface area contributed by atoms with Crippen LogP contribution in [0, 0.1) is 11.6 Å². The molecule has 4 nitrogen and oxygen atoms in total. The van der Waals surface area contributed by atoms with Crippen LogP contribution in [-0.2, 0) is 10.0 Å². The van der Waals surface area contributed by atoms with Gasteiger partial charge in [-0.25, -0.2) is 17.2 Å². The van der Waals surface area contributed by atoms with Crippen LogP contribution in [0.5, 0.6) is 0 Å². The van der Waals surface area contributed by atoms with Gasteiger partial charge in [-0.15, -0.1) is 0 Å².